The minimum Gasteiger partial charge on any atom is -0.396 e. The Labute approximate surface area is 91.8 Å². The van der Waals surface area contributed by atoms with Gasteiger partial charge in [0.2, 0.25) is 0 Å². The van der Waals surface area contributed by atoms with Gasteiger partial charge in [-0.2, -0.15) is 0 Å². The van der Waals surface area contributed by atoms with E-state index in [0.29, 0.717) is 6.61 Å². The lowest BCUT2D eigenvalue weighted by Gasteiger charge is -2.15. The molecule has 1 rings (SSSR count). The van der Waals surface area contributed by atoms with E-state index in [4.69, 9.17) is 5.11 Å². The van der Waals surface area contributed by atoms with Crippen LogP contribution in [0.3, 0.4) is 0 Å². The number of pyridine rings is 1. The summed E-state index contributed by atoms with van der Waals surface area (Å²) < 4.78 is 0. The second-order valence-corrected chi connectivity index (χ2v) is 3.84. The zero-order valence-electron chi connectivity index (χ0n) is 9.39. The normalized spacial score (nSPS) is 10.9. The minimum atomic E-state index is 0.304. The highest BCUT2D eigenvalue weighted by molar-refractivity contribution is 5.09. The van der Waals surface area contributed by atoms with Gasteiger partial charge < -0.3 is 10.0 Å². The summed E-state index contributed by atoms with van der Waals surface area (Å²) in [6.45, 7) is 2.43. The molecule has 0 spiro atoms. The highest BCUT2D eigenvalue weighted by Crippen LogP contribution is 1.99. The van der Waals surface area contributed by atoms with Gasteiger partial charge >= 0.3 is 0 Å². The van der Waals surface area contributed by atoms with E-state index < -0.39 is 0 Å². The molecule has 84 valence electrons. The lowest BCUT2D eigenvalue weighted by molar-refractivity contribution is 0.264. The van der Waals surface area contributed by atoms with Gasteiger partial charge in [0.1, 0.15) is 0 Å². The molecule has 0 radical (unpaired) electrons. The van der Waals surface area contributed by atoms with Crippen LogP contribution in [0.5, 0.6) is 0 Å². The summed E-state index contributed by atoms with van der Waals surface area (Å²) in [6.07, 6.45) is 6.71. The van der Waals surface area contributed by atoms with Gasteiger partial charge in [-0.05, 0) is 50.6 Å². The largest absolute Gasteiger partial charge is 0.396 e. The second-order valence-electron chi connectivity index (χ2n) is 3.84. The first kappa shape index (κ1) is 12.1. The van der Waals surface area contributed by atoms with Gasteiger partial charge in [-0.1, -0.05) is 0 Å². The Morgan fingerprint density at radius 1 is 1.20 bits per heavy atom. The van der Waals surface area contributed by atoms with Crippen LogP contribution in [-0.4, -0.2) is 41.7 Å². The van der Waals surface area contributed by atoms with E-state index in [1.807, 2.05) is 12.4 Å². The monoisotopic (exact) mass is 208 g/mol. The summed E-state index contributed by atoms with van der Waals surface area (Å²) in [4.78, 5) is 6.29. The number of likely N-dealkylation sites (N-methyl/N-ethyl adjacent to an activating group) is 1. The average Bonchev–Trinajstić information content (AvgIpc) is 2.28. The first-order valence-corrected chi connectivity index (χ1v) is 5.51. The van der Waals surface area contributed by atoms with Gasteiger partial charge in [-0.25, -0.2) is 0 Å². The highest BCUT2D eigenvalue weighted by atomic mass is 16.2. The van der Waals surface area contributed by atoms with Crippen LogP contribution in [0.25, 0.3) is 0 Å². The minimum absolute atomic E-state index is 0.304. The summed E-state index contributed by atoms with van der Waals surface area (Å²) in [7, 11) is 2.12. The summed E-state index contributed by atoms with van der Waals surface area (Å²) in [5, 5.41) is 8.66. The highest BCUT2D eigenvalue weighted by Gasteiger charge is 1.98. The molecular weight excluding hydrogens is 188 g/mol. The number of aromatic nitrogens is 1. The molecule has 3 nitrogen and oxygen atoms in total. The number of aliphatic hydroxyl groups is 1. The maximum Gasteiger partial charge on any atom is 0.0431 e. The van der Waals surface area contributed by atoms with E-state index in [9.17, 15) is 0 Å². The van der Waals surface area contributed by atoms with E-state index in [0.717, 1.165) is 32.4 Å². The van der Waals surface area contributed by atoms with Crippen LogP contribution in [-0.2, 0) is 6.42 Å². The van der Waals surface area contributed by atoms with Gasteiger partial charge in [0.15, 0.2) is 0 Å². The number of rotatable bonds is 7. The van der Waals surface area contributed by atoms with Gasteiger partial charge in [0.05, 0.1) is 0 Å². The molecule has 0 aliphatic heterocycles. The van der Waals surface area contributed by atoms with Crippen molar-refractivity contribution in [3.8, 4) is 0 Å². The lowest BCUT2D eigenvalue weighted by atomic mass is 10.2. The molecule has 0 aromatic carbocycles. The van der Waals surface area contributed by atoms with Crippen LogP contribution in [0.1, 0.15) is 18.4 Å². The first-order chi connectivity index (χ1) is 7.33. The molecule has 3 heteroatoms. The second kappa shape index (κ2) is 7.37. The standard InChI is InChI=1S/C12H20N2O/c1-14(9-2-3-11-15)10-6-12-4-7-13-8-5-12/h4-5,7-8,15H,2-3,6,9-11H2,1H3. The van der Waals surface area contributed by atoms with Crippen LogP contribution in [0.4, 0.5) is 0 Å². The predicted octanol–water partition coefficient (Wildman–Crippen LogP) is 1.33. The lowest BCUT2D eigenvalue weighted by Crippen LogP contribution is -2.22. The van der Waals surface area contributed by atoms with Crippen molar-refractivity contribution in [1.29, 1.82) is 0 Å². The molecule has 0 atom stereocenters. The Morgan fingerprint density at radius 2 is 1.93 bits per heavy atom. The van der Waals surface area contributed by atoms with Gasteiger partial charge in [0, 0.05) is 25.5 Å². The molecule has 0 saturated carbocycles. The SMILES string of the molecule is CN(CCCCO)CCc1ccncc1. The van der Waals surface area contributed by atoms with Crippen molar-refractivity contribution < 1.29 is 5.11 Å². The van der Waals surface area contributed by atoms with E-state index >= 15 is 0 Å². The topological polar surface area (TPSA) is 36.4 Å². The zero-order chi connectivity index (χ0) is 10.9. The fourth-order valence-corrected chi connectivity index (χ4v) is 1.47. The molecule has 1 heterocycles. The molecule has 1 N–H and O–H groups in total. The molecule has 1 aromatic rings. The summed E-state index contributed by atoms with van der Waals surface area (Å²) in [5.41, 5.74) is 1.33. The number of aliphatic hydroxyl groups excluding tert-OH is 1. The predicted molar refractivity (Wildman–Crippen MR) is 61.8 cm³/mol. The van der Waals surface area contributed by atoms with Crippen molar-refractivity contribution in [2.75, 3.05) is 26.7 Å². The molecule has 0 fully saturated rings. The van der Waals surface area contributed by atoms with E-state index in [1.165, 1.54) is 5.56 Å². The molecular formula is C12H20N2O. The Kier molecular flexibility index (Phi) is 5.97. The summed E-state index contributed by atoms with van der Waals surface area (Å²) in [6, 6.07) is 4.11. The molecule has 0 aliphatic rings. The van der Waals surface area contributed by atoms with Crippen LogP contribution in [0.15, 0.2) is 24.5 Å². The van der Waals surface area contributed by atoms with Crippen LogP contribution < -0.4 is 0 Å². The van der Waals surface area contributed by atoms with Crippen LogP contribution >= 0.6 is 0 Å². The number of hydrogen-bond acceptors (Lipinski definition) is 3. The molecule has 0 saturated heterocycles. The quantitative estimate of drug-likeness (QED) is 0.687. The zero-order valence-corrected chi connectivity index (χ0v) is 9.39. The molecule has 0 aliphatic carbocycles. The average molecular weight is 208 g/mol. The maximum atomic E-state index is 8.66. The summed E-state index contributed by atoms with van der Waals surface area (Å²) >= 11 is 0. The number of unbranched alkanes of at least 4 members (excludes halogenated alkanes) is 1. The van der Waals surface area contributed by atoms with Crippen molar-refractivity contribution in [3.63, 3.8) is 0 Å². The van der Waals surface area contributed by atoms with Gasteiger partial charge in [-0.3, -0.25) is 4.98 Å². The van der Waals surface area contributed by atoms with E-state index in [1.54, 1.807) is 0 Å². The third-order valence-electron chi connectivity index (χ3n) is 2.48. The molecule has 0 bridgehead atoms. The Bertz CT molecular complexity index is 251. The van der Waals surface area contributed by atoms with Crippen molar-refractivity contribution in [2.45, 2.75) is 19.3 Å². The number of hydrogen-bond donors (Lipinski definition) is 1. The van der Waals surface area contributed by atoms with Gasteiger partial charge in [-0.15, -0.1) is 0 Å². The van der Waals surface area contributed by atoms with Crippen LogP contribution in [0, 0.1) is 0 Å². The third-order valence-corrected chi connectivity index (χ3v) is 2.48. The number of nitrogens with zero attached hydrogens (tertiary/aromatic N) is 2. The molecule has 1 aromatic heterocycles. The fraction of sp³-hybridized carbons (Fsp3) is 0.583. The van der Waals surface area contributed by atoms with Crippen molar-refractivity contribution in [3.05, 3.63) is 30.1 Å². The van der Waals surface area contributed by atoms with Crippen molar-refractivity contribution >= 4 is 0 Å². The first-order valence-electron chi connectivity index (χ1n) is 5.51. The van der Waals surface area contributed by atoms with E-state index in [-0.39, 0.29) is 0 Å². The smallest absolute Gasteiger partial charge is 0.0431 e. The van der Waals surface area contributed by atoms with Crippen molar-refractivity contribution in [1.82, 2.24) is 9.88 Å². The molecule has 0 amide bonds. The van der Waals surface area contributed by atoms with Crippen LogP contribution in [0.2, 0.25) is 0 Å². The Balaban J connectivity index is 2.14. The molecule has 0 unspecified atom stereocenters. The van der Waals surface area contributed by atoms with Crippen molar-refractivity contribution in [2.24, 2.45) is 0 Å². The molecule has 15 heavy (non-hydrogen) atoms. The Hall–Kier alpha value is -0.930. The summed E-state index contributed by atoms with van der Waals surface area (Å²) in [5.74, 6) is 0. The third kappa shape index (κ3) is 5.50. The van der Waals surface area contributed by atoms with Gasteiger partial charge in [0.25, 0.3) is 0 Å². The maximum absolute atomic E-state index is 8.66. The Morgan fingerprint density at radius 3 is 2.60 bits per heavy atom. The fourth-order valence-electron chi connectivity index (χ4n) is 1.47. The van der Waals surface area contributed by atoms with E-state index in [2.05, 4.69) is 29.1 Å².